The number of nitrogens with zero attached hydrogens (tertiary/aromatic N) is 1. The minimum Gasteiger partial charge on any atom is -0.484 e. The zero-order chi connectivity index (χ0) is 18.0. The molecule has 1 rings (SSSR count). The van der Waals surface area contributed by atoms with E-state index in [4.69, 9.17) is 15.2 Å². The lowest BCUT2D eigenvalue weighted by molar-refractivity contribution is -0.153. The van der Waals surface area contributed by atoms with Crippen molar-refractivity contribution in [3.8, 4) is 5.75 Å². The summed E-state index contributed by atoms with van der Waals surface area (Å²) in [4.78, 5) is 4.13. The molecule has 0 atom stereocenters. The molecular formula is C16H24F3N3O2. The zero-order valence-corrected chi connectivity index (χ0v) is 13.9. The van der Waals surface area contributed by atoms with Crippen LogP contribution in [0, 0.1) is 6.92 Å². The van der Waals surface area contributed by atoms with Gasteiger partial charge >= 0.3 is 6.18 Å². The van der Waals surface area contributed by atoms with E-state index >= 15 is 0 Å². The second-order valence-electron chi connectivity index (χ2n) is 5.19. The third kappa shape index (κ3) is 8.61. The van der Waals surface area contributed by atoms with E-state index in [9.17, 15) is 13.2 Å². The highest BCUT2D eigenvalue weighted by Crippen LogP contribution is 2.24. The average molecular weight is 347 g/mol. The third-order valence-electron chi connectivity index (χ3n) is 3.01. The van der Waals surface area contributed by atoms with Crippen LogP contribution in [0.1, 0.15) is 24.5 Å². The smallest absolute Gasteiger partial charge is 0.422 e. The van der Waals surface area contributed by atoms with E-state index in [1.807, 2.05) is 6.92 Å². The van der Waals surface area contributed by atoms with Crippen molar-refractivity contribution in [3.63, 3.8) is 0 Å². The Balaban J connectivity index is 2.58. The molecule has 136 valence electrons. The number of hydrogen-bond acceptors (Lipinski definition) is 3. The number of halogens is 3. The van der Waals surface area contributed by atoms with Gasteiger partial charge in [-0.3, -0.25) is 0 Å². The Morgan fingerprint density at radius 1 is 1.33 bits per heavy atom. The topological polar surface area (TPSA) is 68.9 Å². The maximum atomic E-state index is 12.3. The van der Waals surface area contributed by atoms with Gasteiger partial charge in [-0.15, -0.1) is 0 Å². The Morgan fingerprint density at radius 2 is 2.08 bits per heavy atom. The highest BCUT2D eigenvalue weighted by molar-refractivity contribution is 5.77. The predicted octanol–water partition coefficient (Wildman–Crippen LogP) is 2.77. The van der Waals surface area contributed by atoms with Crippen LogP contribution in [0.3, 0.4) is 0 Å². The van der Waals surface area contributed by atoms with Crippen molar-refractivity contribution in [2.45, 2.75) is 33.0 Å². The highest BCUT2D eigenvalue weighted by Gasteiger charge is 2.28. The number of ether oxygens (including phenoxy) is 2. The largest absolute Gasteiger partial charge is 0.484 e. The maximum absolute atomic E-state index is 12.3. The number of guanidine groups is 1. The summed E-state index contributed by atoms with van der Waals surface area (Å²) in [6.07, 6.45) is -3.60. The second-order valence-corrected chi connectivity index (χ2v) is 5.19. The Kier molecular flexibility index (Phi) is 8.39. The molecule has 1 aromatic rings. The van der Waals surface area contributed by atoms with Gasteiger partial charge in [-0.2, -0.15) is 13.2 Å². The van der Waals surface area contributed by atoms with Crippen molar-refractivity contribution in [3.05, 3.63) is 29.3 Å². The lowest BCUT2D eigenvalue weighted by Crippen LogP contribution is -2.32. The van der Waals surface area contributed by atoms with Crippen molar-refractivity contribution >= 4 is 5.96 Å². The summed E-state index contributed by atoms with van der Waals surface area (Å²) >= 11 is 0. The fourth-order valence-corrected chi connectivity index (χ4v) is 1.85. The molecule has 0 bridgehead atoms. The van der Waals surface area contributed by atoms with Crippen molar-refractivity contribution in [1.29, 1.82) is 0 Å². The summed E-state index contributed by atoms with van der Waals surface area (Å²) < 4.78 is 47.0. The van der Waals surface area contributed by atoms with Gasteiger partial charge in [0.1, 0.15) is 5.75 Å². The van der Waals surface area contributed by atoms with Crippen LogP contribution >= 0.6 is 0 Å². The summed E-state index contributed by atoms with van der Waals surface area (Å²) in [6.45, 7) is 4.41. The van der Waals surface area contributed by atoms with E-state index in [-0.39, 0.29) is 18.3 Å². The first-order valence-corrected chi connectivity index (χ1v) is 7.72. The monoisotopic (exact) mass is 347 g/mol. The molecule has 0 unspecified atom stereocenters. The van der Waals surface area contributed by atoms with Gasteiger partial charge in [-0.25, -0.2) is 4.99 Å². The first-order chi connectivity index (χ1) is 11.3. The maximum Gasteiger partial charge on any atom is 0.422 e. The summed E-state index contributed by atoms with van der Waals surface area (Å²) in [5.74, 6) is 0.397. The molecule has 0 spiro atoms. The minimum absolute atomic E-state index is 0.137. The van der Waals surface area contributed by atoms with Crippen LogP contribution < -0.4 is 15.8 Å². The van der Waals surface area contributed by atoms with Crippen LogP contribution in [0.2, 0.25) is 0 Å². The third-order valence-corrected chi connectivity index (χ3v) is 3.01. The van der Waals surface area contributed by atoms with E-state index in [1.54, 1.807) is 25.1 Å². The summed E-state index contributed by atoms with van der Waals surface area (Å²) in [5.41, 5.74) is 7.09. The molecule has 0 saturated carbocycles. The van der Waals surface area contributed by atoms with Crippen molar-refractivity contribution in [1.82, 2.24) is 5.32 Å². The van der Waals surface area contributed by atoms with Crippen LogP contribution in [0.5, 0.6) is 5.75 Å². The molecule has 0 radical (unpaired) electrons. The molecule has 5 nitrogen and oxygen atoms in total. The molecule has 0 fully saturated rings. The molecular weight excluding hydrogens is 323 g/mol. The van der Waals surface area contributed by atoms with Gasteiger partial charge < -0.3 is 20.5 Å². The van der Waals surface area contributed by atoms with Crippen LogP contribution in [-0.4, -0.2) is 38.5 Å². The molecule has 3 N–H and O–H groups in total. The molecule has 24 heavy (non-hydrogen) atoms. The Labute approximate surface area is 140 Å². The Bertz CT molecular complexity index is 534. The molecule has 1 aromatic carbocycles. The molecule has 8 heteroatoms. The number of aryl methyl sites for hydroxylation is 1. The van der Waals surface area contributed by atoms with Crippen LogP contribution in [0.15, 0.2) is 23.2 Å². The van der Waals surface area contributed by atoms with Crippen molar-refractivity contribution in [2.75, 3.05) is 26.4 Å². The zero-order valence-electron chi connectivity index (χ0n) is 13.9. The Hall–Kier alpha value is -1.96. The minimum atomic E-state index is -4.38. The number of rotatable bonds is 9. The molecule has 0 saturated heterocycles. The molecule has 0 amide bonds. The summed E-state index contributed by atoms with van der Waals surface area (Å²) in [7, 11) is 0. The quantitative estimate of drug-likeness (QED) is 0.409. The predicted molar refractivity (Wildman–Crippen MR) is 87.2 cm³/mol. The number of nitrogens with one attached hydrogen (secondary N) is 1. The number of alkyl halides is 3. The van der Waals surface area contributed by atoms with Crippen LogP contribution in [-0.2, 0) is 11.3 Å². The van der Waals surface area contributed by atoms with E-state index in [0.717, 1.165) is 12.0 Å². The summed E-state index contributed by atoms with van der Waals surface area (Å²) in [6, 6.07) is 5.03. The van der Waals surface area contributed by atoms with Gasteiger partial charge in [-0.1, -0.05) is 12.1 Å². The normalized spacial score (nSPS) is 12.3. The molecule has 0 aromatic heterocycles. The van der Waals surface area contributed by atoms with Gasteiger partial charge in [0.2, 0.25) is 0 Å². The van der Waals surface area contributed by atoms with E-state index in [0.29, 0.717) is 25.3 Å². The van der Waals surface area contributed by atoms with Crippen molar-refractivity contribution < 1.29 is 22.6 Å². The van der Waals surface area contributed by atoms with E-state index in [2.05, 4.69) is 10.3 Å². The SMILES string of the molecule is CCOCCCNC(N)=NCc1ccc(C)cc1OCC(F)(F)F. The average Bonchev–Trinajstić information content (AvgIpc) is 2.51. The number of hydrogen-bond donors (Lipinski definition) is 2. The van der Waals surface area contributed by atoms with Crippen molar-refractivity contribution in [2.24, 2.45) is 10.7 Å². The summed E-state index contributed by atoms with van der Waals surface area (Å²) in [5, 5.41) is 2.93. The van der Waals surface area contributed by atoms with E-state index < -0.39 is 12.8 Å². The Morgan fingerprint density at radius 3 is 2.75 bits per heavy atom. The molecule has 0 aliphatic rings. The lowest BCUT2D eigenvalue weighted by Gasteiger charge is -2.13. The standard InChI is InChI=1S/C16H24F3N3O2/c1-3-23-8-4-7-21-15(20)22-10-13-6-5-12(2)9-14(13)24-11-16(17,18)19/h5-6,9H,3-4,7-8,10-11H2,1-2H3,(H3,20,21,22). The molecule has 0 heterocycles. The molecule has 0 aliphatic heterocycles. The van der Waals surface area contributed by atoms with Gasteiger partial charge in [0.25, 0.3) is 0 Å². The number of benzene rings is 1. The first kappa shape index (κ1) is 20.1. The lowest BCUT2D eigenvalue weighted by atomic mass is 10.1. The first-order valence-electron chi connectivity index (χ1n) is 7.72. The van der Waals surface area contributed by atoms with Gasteiger partial charge in [0.05, 0.1) is 6.54 Å². The fraction of sp³-hybridized carbons (Fsp3) is 0.562. The fourth-order valence-electron chi connectivity index (χ4n) is 1.85. The number of aliphatic imine (C=N–C) groups is 1. The second kappa shape index (κ2) is 10.0. The van der Waals surface area contributed by atoms with Gasteiger partial charge in [0, 0.05) is 25.3 Å². The molecule has 0 aliphatic carbocycles. The van der Waals surface area contributed by atoms with Gasteiger partial charge in [-0.05, 0) is 31.9 Å². The van der Waals surface area contributed by atoms with E-state index in [1.165, 1.54) is 0 Å². The van der Waals surface area contributed by atoms with Crippen LogP contribution in [0.4, 0.5) is 13.2 Å². The number of nitrogens with two attached hydrogens (primary N) is 1. The highest BCUT2D eigenvalue weighted by atomic mass is 19.4. The van der Waals surface area contributed by atoms with Gasteiger partial charge in [0.15, 0.2) is 12.6 Å². The van der Waals surface area contributed by atoms with Crippen LogP contribution in [0.25, 0.3) is 0 Å².